The summed E-state index contributed by atoms with van der Waals surface area (Å²) in [5, 5.41) is 19.2. The van der Waals surface area contributed by atoms with E-state index in [1.165, 1.54) is 11.3 Å². The summed E-state index contributed by atoms with van der Waals surface area (Å²) in [4.78, 5) is 0. The van der Waals surface area contributed by atoms with Crippen LogP contribution in [0, 0.1) is 0 Å². The highest BCUT2D eigenvalue weighted by atomic mass is 32.1. The van der Waals surface area contributed by atoms with Gasteiger partial charge in [-0.15, -0.1) is 11.3 Å². The predicted molar refractivity (Wildman–Crippen MR) is 31.9 cm³/mol. The van der Waals surface area contributed by atoms with E-state index in [1.807, 2.05) is 0 Å². The van der Waals surface area contributed by atoms with E-state index in [-0.39, 0.29) is 11.7 Å². The Balaban J connectivity index is 2.92. The van der Waals surface area contributed by atoms with E-state index in [0.29, 0.717) is 5.56 Å². The van der Waals surface area contributed by atoms with Crippen molar-refractivity contribution in [2.24, 2.45) is 0 Å². The minimum absolute atomic E-state index is 0.0741. The van der Waals surface area contributed by atoms with E-state index >= 15 is 0 Å². The van der Waals surface area contributed by atoms with Gasteiger partial charge in [-0.05, 0) is 11.4 Å². The summed E-state index contributed by atoms with van der Waals surface area (Å²) in [5.41, 5.74) is 0.606. The standard InChI is InChI=1S/C5H6O2S/c6-3-4-1-2-8-5(4)7/h1-2,6-7H,3H2. The average Bonchev–Trinajstić information content (AvgIpc) is 2.14. The van der Waals surface area contributed by atoms with Crippen LogP contribution in [0.15, 0.2) is 11.4 Å². The van der Waals surface area contributed by atoms with E-state index in [0.717, 1.165) is 0 Å². The molecule has 1 aromatic rings. The molecule has 3 heteroatoms. The number of rotatable bonds is 1. The van der Waals surface area contributed by atoms with Gasteiger partial charge in [0, 0.05) is 5.56 Å². The summed E-state index contributed by atoms with van der Waals surface area (Å²) in [6, 6.07) is 1.69. The van der Waals surface area contributed by atoms with Crippen LogP contribution in [0.4, 0.5) is 0 Å². The Bertz CT molecular complexity index is 171. The molecule has 0 atom stereocenters. The van der Waals surface area contributed by atoms with Crippen LogP contribution < -0.4 is 0 Å². The molecule has 0 saturated carbocycles. The Morgan fingerprint density at radius 3 is 2.62 bits per heavy atom. The fourth-order valence-electron chi connectivity index (χ4n) is 0.448. The maximum absolute atomic E-state index is 8.81. The predicted octanol–water partition coefficient (Wildman–Crippen LogP) is 0.946. The molecular weight excluding hydrogens is 124 g/mol. The van der Waals surface area contributed by atoms with Crippen molar-refractivity contribution in [1.29, 1.82) is 0 Å². The summed E-state index contributed by atoms with van der Waals surface area (Å²) in [6.07, 6.45) is 0. The zero-order chi connectivity index (χ0) is 5.98. The molecule has 0 fully saturated rings. The summed E-state index contributed by atoms with van der Waals surface area (Å²) >= 11 is 1.22. The fraction of sp³-hybridized carbons (Fsp3) is 0.200. The summed E-state index contributed by atoms with van der Waals surface area (Å²) in [6.45, 7) is -0.0741. The SMILES string of the molecule is OCc1ccsc1O. The molecule has 0 amide bonds. The lowest BCUT2D eigenvalue weighted by Crippen LogP contribution is -1.74. The average molecular weight is 130 g/mol. The lowest BCUT2D eigenvalue weighted by Gasteiger charge is -1.86. The van der Waals surface area contributed by atoms with Crippen molar-refractivity contribution in [3.8, 4) is 5.06 Å². The van der Waals surface area contributed by atoms with E-state index in [9.17, 15) is 0 Å². The lowest BCUT2D eigenvalue weighted by atomic mass is 10.4. The van der Waals surface area contributed by atoms with Gasteiger partial charge in [-0.25, -0.2) is 0 Å². The maximum Gasteiger partial charge on any atom is 0.176 e. The van der Waals surface area contributed by atoms with Gasteiger partial charge >= 0.3 is 0 Å². The Hall–Kier alpha value is -0.540. The van der Waals surface area contributed by atoms with Gasteiger partial charge in [0.05, 0.1) is 6.61 Å². The second-order valence-electron chi connectivity index (χ2n) is 1.41. The van der Waals surface area contributed by atoms with Gasteiger partial charge in [0.2, 0.25) is 0 Å². The number of hydrogen-bond donors (Lipinski definition) is 2. The molecule has 44 valence electrons. The minimum Gasteiger partial charge on any atom is -0.499 e. The third kappa shape index (κ3) is 0.827. The van der Waals surface area contributed by atoms with E-state index in [4.69, 9.17) is 10.2 Å². The molecule has 0 radical (unpaired) electrons. The molecule has 8 heavy (non-hydrogen) atoms. The normalized spacial score (nSPS) is 9.62. The summed E-state index contributed by atoms with van der Waals surface area (Å²) < 4.78 is 0. The first-order chi connectivity index (χ1) is 3.84. The highest BCUT2D eigenvalue weighted by Crippen LogP contribution is 2.23. The fourth-order valence-corrected chi connectivity index (χ4v) is 1.09. The molecule has 0 bridgehead atoms. The highest BCUT2D eigenvalue weighted by Gasteiger charge is 1.96. The number of hydrogen-bond acceptors (Lipinski definition) is 3. The van der Waals surface area contributed by atoms with E-state index in [1.54, 1.807) is 11.4 Å². The Labute approximate surface area is 51.0 Å². The Morgan fingerprint density at radius 1 is 1.62 bits per heavy atom. The monoisotopic (exact) mass is 130 g/mol. The topological polar surface area (TPSA) is 40.5 Å². The van der Waals surface area contributed by atoms with Gasteiger partial charge in [0.1, 0.15) is 0 Å². The lowest BCUT2D eigenvalue weighted by molar-refractivity contribution is 0.277. The number of aliphatic hydroxyl groups is 1. The molecule has 0 spiro atoms. The largest absolute Gasteiger partial charge is 0.499 e. The van der Waals surface area contributed by atoms with Crippen LogP contribution in [0.5, 0.6) is 5.06 Å². The van der Waals surface area contributed by atoms with E-state index < -0.39 is 0 Å². The van der Waals surface area contributed by atoms with Gasteiger partial charge in [0.25, 0.3) is 0 Å². The summed E-state index contributed by atoms with van der Waals surface area (Å²) in [7, 11) is 0. The second kappa shape index (κ2) is 2.15. The molecule has 0 aliphatic heterocycles. The van der Waals surface area contributed by atoms with Crippen LogP contribution in [-0.2, 0) is 6.61 Å². The number of thiophene rings is 1. The molecule has 1 heterocycles. The molecule has 0 saturated heterocycles. The van der Waals surface area contributed by atoms with Crippen LogP contribution in [0.1, 0.15) is 5.56 Å². The Morgan fingerprint density at radius 2 is 2.38 bits per heavy atom. The first kappa shape index (κ1) is 5.59. The molecule has 1 rings (SSSR count). The van der Waals surface area contributed by atoms with Crippen molar-refractivity contribution < 1.29 is 10.2 Å². The Kier molecular flexibility index (Phi) is 1.50. The number of aromatic hydroxyl groups is 1. The van der Waals surface area contributed by atoms with Crippen molar-refractivity contribution >= 4 is 11.3 Å². The van der Waals surface area contributed by atoms with Crippen LogP contribution in [0.25, 0.3) is 0 Å². The maximum atomic E-state index is 8.81. The first-order valence-corrected chi connectivity index (χ1v) is 3.08. The van der Waals surface area contributed by atoms with Gasteiger partial charge in [-0.2, -0.15) is 0 Å². The van der Waals surface area contributed by atoms with Crippen molar-refractivity contribution in [3.63, 3.8) is 0 Å². The molecular formula is C5H6O2S. The second-order valence-corrected chi connectivity index (χ2v) is 2.30. The van der Waals surface area contributed by atoms with Crippen LogP contribution in [0.3, 0.4) is 0 Å². The highest BCUT2D eigenvalue weighted by molar-refractivity contribution is 7.11. The van der Waals surface area contributed by atoms with Gasteiger partial charge in [-0.1, -0.05) is 0 Å². The zero-order valence-electron chi connectivity index (χ0n) is 4.16. The van der Waals surface area contributed by atoms with Crippen LogP contribution in [-0.4, -0.2) is 10.2 Å². The van der Waals surface area contributed by atoms with E-state index in [2.05, 4.69) is 0 Å². The van der Waals surface area contributed by atoms with Crippen molar-refractivity contribution in [1.82, 2.24) is 0 Å². The van der Waals surface area contributed by atoms with Crippen molar-refractivity contribution in [3.05, 3.63) is 17.0 Å². The smallest absolute Gasteiger partial charge is 0.176 e. The quantitative estimate of drug-likeness (QED) is 0.594. The van der Waals surface area contributed by atoms with Gasteiger partial charge in [0.15, 0.2) is 5.06 Å². The third-order valence-electron chi connectivity index (χ3n) is 0.894. The van der Waals surface area contributed by atoms with Crippen molar-refractivity contribution in [2.75, 3.05) is 0 Å². The molecule has 0 unspecified atom stereocenters. The summed E-state index contributed by atoms with van der Waals surface area (Å²) in [5.74, 6) is 0. The molecule has 0 aliphatic rings. The van der Waals surface area contributed by atoms with Crippen LogP contribution in [0.2, 0.25) is 0 Å². The number of aliphatic hydroxyl groups excluding tert-OH is 1. The van der Waals surface area contributed by atoms with Gasteiger partial charge in [-0.3, -0.25) is 0 Å². The molecule has 0 aromatic carbocycles. The zero-order valence-corrected chi connectivity index (χ0v) is 4.98. The minimum atomic E-state index is -0.0741. The first-order valence-electron chi connectivity index (χ1n) is 2.21. The molecule has 0 aliphatic carbocycles. The molecule has 2 N–H and O–H groups in total. The van der Waals surface area contributed by atoms with Crippen molar-refractivity contribution in [2.45, 2.75) is 6.61 Å². The van der Waals surface area contributed by atoms with Gasteiger partial charge < -0.3 is 10.2 Å². The molecule has 2 nitrogen and oxygen atoms in total. The molecule has 1 aromatic heterocycles. The third-order valence-corrected chi connectivity index (χ3v) is 1.65. The van der Waals surface area contributed by atoms with Crippen LogP contribution >= 0.6 is 11.3 Å².